The van der Waals surface area contributed by atoms with E-state index in [2.05, 4.69) is 55.6 Å². The molecule has 0 heterocycles. The van der Waals surface area contributed by atoms with E-state index >= 15 is 0 Å². The maximum Gasteiger partial charge on any atom is 0.173 e. The standard InChI is InChI=1S/2C7H18N.C3H2ClIO4/c2*1-5-8(4,6-2)7-3;4-3(5,1(6)7)2(8)9/h2*5-7H2,1-4H3;(H,6,7)(H,8,9)/q2*+1;/p-2. The lowest BCUT2D eigenvalue weighted by atomic mass is 10.4. The summed E-state index contributed by atoms with van der Waals surface area (Å²) in [7, 11) is 4.58. The SMILES string of the molecule is CC[N+](C)(CC)CC.CC[N+](C)(CC)CC.O=C([O-])C(Cl)(I)C(=O)[O-]. The Morgan fingerprint density at radius 3 is 0.920 bits per heavy atom. The Labute approximate surface area is 172 Å². The van der Waals surface area contributed by atoms with Crippen molar-refractivity contribution in [3.8, 4) is 0 Å². The van der Waals surface area contributed by atoms with E-state index in [1.54, 1.807) is 0 Å². The molecule has 25 heavy (non-hydrogen) atoms. The van der Waals surface area contributed by atoms with Crippen LogP contribution in [0.5, 0.6) is 0 Å². The number of hydrogen-bond acceptors (Lipinski definition) is 4. The third-order valence-corrected chi connectivity index (χ3v) is 6.28. The lowest BCUT2D eigenvalue weighted by molar-refractivity contribution is -0.904. The summed E-state index contributed by atoms with van der Waals surface area (Å²) in [5, 5.41) is 19.6. The van der Waals surface area contributed by atoms with Gasteiger partial charge in [-0.3, -0.25) is 0 Å². The van der Waals surface area contributed by atoms with E-state index in [9.17, 15) is 19.8 Å². The normalized spacial score (nSPS) is 11.6. The van der Waals surface area contributed by atoms with Gasteiger partial charge in [0.1, 0.15) is 0 Å². The fraction of sp³-hybridized carbons (Fsp3) is 0.882. The second kappa shape index (κ2) is 14.0. The van der Waals surface area contributed by atoms with Crippen molar-refractivity contribution in [2.45, 2.75) is 44.4 Å². The van der Waals surface area contributed by atoms with Gasteiger partial charge in [-0.1, -0.05) is 11.6 Å². The molecule has 0 aliphatic heterocycles. The first-order valence-corrected chi connectivity index (χ1v) is 10.2. The van der Waals surface area contributed by atoms with Crippen LogP contribution in [0.25, 0.3) is 0 Å². The third kappa shape index (κ3) is 12.8. The number of nitrogens with zero attached hydrogens (tertiary/aromatic N) is 2. The Morgan fingerprint density at radius 1 is 0.760 bits per heavy atom. The number of carbonyl (C=O) groups excluding carboxylic acids is 2. The minimum Gasteiger partial charge on any atom is -0.547 e. The van der Waals surface area contributed by atoms with Crippen LogP contribution >= 0.6 is 34.2 Å². The van der Waals surface area contributed by atoms with Gasteiger partial charge in [0.05, 0.1) is 65.3 Å². The monoisotopic (exact) mass is 494 g/mol. The zero-order valence-corrected chi connectivity index (χ0v) is 19.9. The van der Waals surface area contributed by atoms with Crippen molar-refractivity contribution < 1.29 is 28.8 Å². The van der Waals surface area contributed by atoms with Gasteiger partial charge in [0.25, 0.3) is 0 Å². The molecule has 0 saturated heterocycles. The zero-order chi connectivity index (χ0) is 20.9. The predicted octanol–water partition coefficient (Wildman–Crippen LogP) is 0.842. The summed E-state index contributed by atoms with van der Waals surface area (Å²) in [5.41, 5.74) is 0. The molecule has 0 saturated carbocycles. The summed E-state index contributed by atoms with van der Waals surface area (Å²) < 4.78 is -0.0300. The fourth-order valence-corrected chi connectivity index (χ4v) is 1.42. The molecule has 0 aromatic carbocycles. The first-order valence-electron chi connectivity index (χ1n) is 8.73. The Bertz CT molecular complexity index is 334. The number of halogens is 2. The van der Waals surface area contributed by atoms with Crippen molar-refractivity contribution in [1.29, 1.82) is 0 Å². The number of quaternary nitrogens is 2. The molecule has 0 amide bonds. The highest BCUT2D eigenvalue weighted by Gasteiger charge is 2.26. The first kappa shape index (κ1) is 29.6. The molecular formula is C17H36ClIN2O4. The Balaban J connectivity index is -0.000000291. The summed E-state index contributed by atoms with van der Waals surface area (Å²) in [5.74, 6) is -3.77. The summed E-state index contributed by atoms with van der Waals surface area (Å²) in [6.45, 7) is 21.0. The highest BCUT2D eigenvalue weighted by Crippen LogP contribution is 2.21. The zero-order valence-electron chi connectivity index (χ0n) is 17.0. The molecule has 0 aromatic heterocycles. The van der Waals surface area contributed by atoms with Crippen LogP contribution < -0.4 is 10.2 Å². The van der Waals surface area contributed by atoms with Crippen molar-refractivity contribution >= 4 is 46.1 Å². The van der Waals surface area contributed by atoms with Crippen molar-refractivity contribution in [3.63, 3.8) is 0 Å². The van der Waals surface area contributed by atoms with E-state index in [1.165, 1.54) is 48.2 Å². The van der Waals surface area contributed by atoms with Crippen molar-refractivity contribution in [1.82, 2.24) is 0 Å². The predicted molar refractivity (Wildman–Crippen MR) is 108 cm³/mol. The van der Waals surface area contributed by atoms with Crippen LogP contribution in [0.2, 0.25) is 0 Å². The molecule has 0 aromatic rings. The van der Waals surface area contributed by atoms with Crippen molar-refractivity contribution in [2.75, 3.05) is 53.4 Å². The van der Waals surface area contributed by atoms with E-state index in [-0.39, 0.29) is 0 Å². The van der Waals surface area contributed by atoms with Gasteiger partial charge >= 0.3 is 0 Å². The van der Waals surface area contributed by atoms with Crippen LogP contribution in [-0.4, -0.2) is 77.1 Å². The molecule has 0 aliphatic carbocycles. The molecule has 0 fully saturated rings. The molecule has 6 nitrogen and oxygen atoms in total. The number of alkyl halides is 2. The van der Waals surface area contributed by atoms with Crippen LogP contribution in [0.1, 0.15) is 41.5 Å². The van der Waals surface area contributed by atoms with Gasteiger partial charge in [-0.25, -0.2) is 0 Å². The minimum atomic E-state index is -2.45. The van der Waals surface area contributed by atoms with Crippen LogP contribution in [0.3, 0.4) is 0 Å². The van der Waals surface area contributed by atoms with E-state index in [0.29, 0.717) is 0 Å². The van der Waals surface area contributed by atoms with Crippen molar-refractivity contribution in [2.24, 2.45) is 0 Å². The lowest BCUT2D eigenvalue weighted by Crippen LogP contribution is -2.51. The molecule has 0 spiro atoms. The van der Waals surface area contributed by atoms with Gasteiger partial charge in [0.2, 0.25) is 0 Å². The third-order valence-electron chi connectivity index (χ3n) is 5.09. The Morgan fingerprint density at radius 2 is 0.920 bits per heavy atom. The topological polar surface area (TPSA) is 80.3 Å². The quantitative estimate of drug-likeness (QED) is 0.217. The largest absolute Gasteiger partial charge is 0.547 e. The van der Waals surface area contributed by atoms with Crippen LogP contribution in [0.15, 0.2) is 0 Å². The van der Waals surface area contributed by atoms with E-state index < -0.39 is 14.8 Å². The molecule has 0 bridgehead atoms. The highest BCUT2D eigenvalue weighted by molar-refractivity contribution is 14.1. The van der Waals surface area contributed by atoms with Gasteiger partial charge in [-0.2, -0.15) is 0 Å². The average Bonchev–Trinajstić information content (AvgIpc) is 2.61. The molecular weight excluding hydrogens is 459 g/mol. The second-order valence-corrected chi connectivity index (χ2v) is 9.11. The van der Waals surface area contributed by atoms with E-state index in [0.717, 1.165) is 22.6 Å². The molecule has 8 heteroatoms. The van der Waals surface area contributed by atoms with Crippen LogP contribution in [-0.2, 0) is 9.59 Å². The van der Waals surface area contributed by atoms with Gasteiger partial charge in [-0.15, -0.1) is 0 Å². The van der Waals surface area contributed by atoms with Crippen LogP contribution in [0, 0.1) is 0 Å². The molecule has 0 aliphatic rings. The molecule has 0 unspecified atom stereocenters. The number of rotatable bonds is 8. The smallest absolute Gasteiger partial charge is 0.173 e. The van der Waals surface area contributed by atoms with Crippen molar-refractivity contribution in [3.05, 3.63) is 0 Å². The summed E-state index contributed by atoms with van der Waals surface area (Å²) >= 11 is 5.87. The summed E-state index contributed by atoms with van der Waals surface area (Å²) in [4.78, 5) is 19.6. The Hall–Kier alpha value is -0.120. The van der Waals surface area contributed by atoms with Gasteiger partial charge in [0, 0.05) is 0 Å². The number of carboxylic acids is 2. The average molecular weight is 495 g/mol. The molecule has 0 rings (SSSR count). The first-order chi connectivity index (χ1) is 11.3. The van der Waals surface area contributed by atoms with E-state index in [4.69, 9.17) is 11.6 Å². The van der Waals surface area contributed by atoms with Gasteiger partial charge in [0.15, 0.2) is 2.88 Å². The maximum absolute atomic E-state index is 9.79. The number of aliphatic carboxylic acids is 2. The van der Waals surface area contributed by atoms with Crippen LogP contribution in [0.4, 0.5) is 0 Å². The molecule has 0 atom stereocenters. The molecule has 152 valence electrons. The number of carboxylic acid groups (broad SMARTS) is 2. The number of carbonyl (C=O) groups is 2. The summed E-state index contributed by atoms with van der Waals surface area (Å²) in [6, 6.07) is 0. The lowest BCUT2D eigenvalue weighted by Gasteiger charge is -2.30. The molecule has 0 radical (unpaired) electrons. The maximum atomic E-state index is 9.79. The van der Waals surface area contributed by atoms with Gasteiger partial charge in [-0.05, 0) is 64.1 Å². The summed E-state index contributed by atoms with van der Waals surface area (Å²) in [6.07, 6.45) is 0. The Kier molecular flexibility index (Phi) is 16.6. The van der Waals surface area contributed by atoms with E-state index in [1.807, 2.05) is 0 Å². The highest BCUT2D eigenvalue weighted by atomic mass is 127. The number of hydrogen-bond donors (Lipinski definition) is 0. The fourth-order valence-electron chi connectivity index (χ4n) is 1.42. The van der Waals surface area contributed by atoms with Gasteiger partial charge < -0.3 is 28.8 Å². The molecule has 0 N–H and O–H groups in total. The minimum absolute atomic E-state index is 0.997. The second-order valence-electron chi connectivity index (χ2n) is 6.29.